The van der Waals surface area contributed by atoms with Crippen molar-refractivity contribution in [1.29, 1.82) is 0 Å². The van der Waals surface area contributed by atoms with Gasteiger partial charge in [-0.3, -0.25) is 9.78 Å². The minimum absolute atomic E-state index is 0.0776. The quantitative estimate of drug-likeness (QED) is 0.795. The Morgan fingerprint density at radius 3 is 2.83 bits per heavy atom. The number of aryl methyl sites for hydroxylation is 2. The molecule has 1 aromatic carbocycles. The molecule has 23 heavy (non-hydrogen) atoms. The summed E-state index contributed by atoms with van der Waals surface area (Å²) in [6, 6.07) is 9.58. The third-order valence-corrected chi connectivity index (χ3v) is 4.53. The van der Waals surface area contributed by atoms with Gasteiger partial charge < -0.3 is 5.32 Å². The molecule has 116 valence electrons. The van der Waals surface area contributed by atoms with Gasteiger partial charge in [0.05, 0.1) is 12.2 Å². The lowest BCUT2D eigenvalue weighted by molar-refractivity contribution is 0.0951. The molecule has 3 aromatic rings. The first-order valence-corrected chi connectivity index (χ1v) is 8.22. The molecule has 0 saturated carbocycles. The summed E-state index contributed by atoms with van der Waals surface area (Å²) in [6.45, 7) is 4.47. The van der Waals surface area contributed by atoms with Crippen LogP contribution in [-0.2, 0) is 6.54 Å². The molecule has 2 aromatic heterocycles. The smallest absolute Gasteiger partial charge is 0.251 e. The molecule has 2 heterocycles. The monoisotopic (exact) mass is 323 g/mol. The van der Waals surface area contributed by atoms with Gasteiger partial charge in [-0.25, -0.2) is 4.98 Å². The molecule has 0 unspecified atom stereocenters. The number of amides is 1. The van der Waals surface area contributed by atoms with Crippen LogP contribution >= 0.6 is 11.3 Å². The molecule has 3 rings (SSSR count). The molecular formula is C18H17N3OS. The van der Waals surface area contributed by atoms with Gasteiger partial charge in [0.2, 0.25) is 0 Å². The standard InChI is InChI=1S/C18H17N3OS/c1-12-5-6-14(8-13(12)2)18(22)20-10-17-21-16(11-23-17)15-4-3-7-19-9-15/h3-9,11H,10H2,1-2H3,(H,20,22). The Morgan fingerprint density at radius 2 is 2.09 bits per heavy atom. The Morgan fingerprint density at radius 1 is 1.22 bits per heavy atom. The van der Waals surface area contributed by atoms with Crippen LogP contribution < -0.4 is 5.32 Å². The summed E-state index contributed by atoms with van der Waals surface area (Å²) in [4.78, 5) is 20.9. The maximum absolute atomic E-state index is 12.2. The number of aromatic nitrogens is 2. The second kappa shape index (κ2) is 6.71. The van der Waals surface area contributed by atoms with E-state index in [0.717, 1.165) is 21.8 Å². The maximum atomic E-state index is 12.2. The van der Waals surface area contributed by atoms with Gasteiger partial charge in [0.15, 0.2) is 0 Å². The van der Waals surface area contributed by atoms with Crippen LogP contribution in [0.1, 0.15) is 26.5 Å². The molecule has 0 atom stereocenters. The molecule has 0 spiro atoms. The average molecular weight is 323 g/mol. The van der Waals surface area contributed by atoms with Crippen molar-refractivity contribution in [2.45, 2.75) is 20.4 Å². The zero-order valence-corrected chi connectivity index (χ0v) is 13.9. The molecule has 5 heteroatoms. The highest BCUT2D eigenvalue weighted by Crippen LogP contribution is 2.20. The number of nitrogens with zero attached hydrogens (tertiary/aromatic N) is 2. The molecule has 1 amide bonds. The highest BCUT2D eigenvalue weighted by Gasteiger charge is 2.09. The lowest BCUT2D eigenvalue weighted by Crippen LogP contribution is -2.22. The molecule has 0 fully saturated rings. The third-order valence-electron chi connectivity index (χ3n) is 3.68. The largest absolute Gasteiger partial charge is 0.346 e. The van der Waals surface area contributed by atoms with Gasteiger partial charge in [-0.2, -0.15) is 0 Å². The Hall–Kier alpha value is -2.53. The van der Waals surface area contributed by atoms with Crippen molar-refractivity contribution in [3.63, 3.8) is 0 Å². The molecule has 0 aliphatic carbocycles. The highest BCUT2D eigenvalue weighted by atomic mass is 32.1. The normalized spacial score (nSPS) is 10.5. The van der Waals surface area contributed by atoms with E-state index in [9.17, 15) is 4.79 Å². The van der Waals surface area contributed by atoms with Gasteiger partial charge in [0, 0.05) is 28.9 Å². The van der Waals surface area contributed by atoms with Crippen LogP contribution in [-0.4, -0.2) is 15.9 Å². The highest BCUT2D eigenvalue weighted by molar-refractivity contribution is 7.09. The number of nitrogens with one attached hydrogen (secondary N) is 1. The van der Waals surface area contributed by atoms with Crippen LogP contribution in [0.3, 0.4) is 0 Å². The van der Waals surface area contributed by atoms with Crippen LogP contribution in [0.2, 0.25) is 0 Å². The van der Waals surface area contributed by atoms with Crippen molar-refractivity contribution in [3.05, 3.63) is 69.8 Å². The van der Waals surface area contributed by atoms with Crippen LogP contribution in [0.5, 0.6) is 0 Å². The molecule has 0 saturated heterocycles. The number of pyridine rings is 1. The predicted octanol–water partition coefficient (Wildman–Crippen LogP) is 3.75. The summed E-state index contributed by atoms with van der Waals surface area (Å²) >= 11 is 1.53. The zero-order valence-electron chi connectivity index (χ0n) is 13.0. The van der Waals surface area contributed by atoms with Crippen molar-refractivity contribution in [2.24, 2.45) is 0 Å². The third kappa shape index (κ3) is 3.63. The molecule has 4 nitrogen and oxygen atoms in total. The van der Waals surface area contributed by atoms with Gasteiger partial charge in [-0.1, -0.05) is 6.07 Å². The first kappa shape index (κ1) is 15.4. The summed E-state index contributed by atoms with van der Waals surface area (Å²) in [5.41, 5.74) is 4.85. The van der Waals surface area contributed by atoms with E-state index in [2.05, 4.69) is 15.3 Å². The van der Waals surface area contributed by atoms with Gasteiger partial charge in [-0.05, 0) is 49.2 Å². The van der Waals surface area contributed by atoms with E-state index in [1.54, 1.807) is 12.4 Å². The summed E-state index contributed by atoms with van der Waals surface area (Å²) in [6.07, 6.45) is 3.52. The van der Waals surface area contributed by atoms with Gasteiger partial charge in [0.25, 0.3) is 5.91 Å². The maximum Gasteiger partial charge on any atom is 0.251 e. The van der Waals surface area contributed by atoms with E-state index in [-0.39, 0.29) is 5.91 Å². The molecule has 0 radical (unpaired) electrons. The second-order valence-corrected chi connectivity index (χ2v) is 6.29. The number of carbonyl (C=O) groups is 1. The number of rotatable bonds is 4. The molecule has 0 aliphatic rings. The van der Waals surface area contributed by atoms with E-state index in [1.807, 2.05) is 49.6 Å². The molecule has 1 N–H and O–H groups in total. The summed E-state index contributed by atoms with van der Waals surface area (Å²) < 4.78 is 0. The van der Waals surface area contributed by atoms with Gasteiger partial charge >= 0.3 is 0 Å². The topological polar surface area (TPSA) is 54.9 Å². The lowest BCUT2D eigenvalue weighted by Gasteiger charge is -2.06. The van der Waals surface area contributed by atoms with E-state index >= 15 is 0 Å². The fourth-order valence-electron chi connectivity index (χ4n) is 2.18. The van der Waals surface area contributed by atoms with Gasteiger partial charge in [0.1, 0.15) is 5.01 Å². The Bertz CT molecular complexity index is 827. The van der Waals surface area contributed by atoms with Gasteiger partial charge in [-0.15, -0.1) is 11.3 Å². The van der Waals surface area contributed by atoms with Crippen LogP contribution in [0.15, 0.2) is 48.1 Å². The van der Waals surface area contributed by atoms with Crippen LogP contribution in [0.25, 0.3) is 11.3 Å². The zero-order chi connectivity index (χ0) is 16.2. The van der Waals surface area contributed by atoms with Crippen molar-refractivity contribution < 1.29 is 4.79 Å². The Labute approximate surface area is 139 Å². The van der Waals surface area contributed by atoms with E-state index in [0.29, 0.717) is 12.1 Å². The fraction of sp³-hybridized carbons (Fsp3) is 0.167. The fourth-order valence-corrected chi connectivity index (χ4v) is 2.92. The van der Waals surface area contributed by atoms with Crippen molar-refractivity contribution in [1.82, 2.24) is 15.3 Å². The van der Waals surface area contributed by atoms with Crippen molar-refractivity contribution in [3.8, 4) is 11.3 Å². The first-order valence-electron chi connectivity index (χ1n) is 7.34. The number of thiazole rings is 1. The molecule has 0 bridgehead atoms. The predicted molar refractivity (Wildman–Crippen MR) is 92.4 cm³/mol. The second-order valence-electron chi connectivity index (χ2n) is 5.35. The van der Waals surface area contributed by atoms with E-state index in [1.165, 1.54) is 16.9 Å². The lowest BCUT2D eigenvalue weighted by atomic mass is 10.1. The minimum Gasteiger partial charge on any atom is -0.346 e. The SMILES string of the molecule is Cc1ccc(C(=O)NCc2nc(-c3cccnc3)cs2)cc1C. The number of hydrogen-bond donors (Lipinski definition) is 1. The van der Waals surface area contributed by atoms with E-state index in [4.69, 9.17) is 0 Å². The minimum atomic E-state index is -0.0776. The average Bonchev–Trinajstić information content (AvgIpc) is 3.05. The van der Waals surface area contributed by atoms with Crippen molar-refractivity contribution in [2.75, 3.05) is 0 Å². The molecule has 0 aliphatic heterocycles. The number of carbonyl (C=O) groups excluding carboxylic acids is 1. The van der Waals surface area contributed by atoms with Crippen molar-refractivity contribution >= 4 is 17.2 Å². The summed E-state index contributed by atoms with van der Waals surface area (Å²) in [5.74, 6) is -0.0776. The molecular weight excluding hydrogens is 306 g/mol. The number of benzene rings is 1. The Balaban J connectivity index is 1.65. The summed E-state index contributed by atoms with van der Waals surface area (Å²) in [7, 11) is 0. The van der Waals surface area contributed by atoms with Crippen LogP contribution in [0, 0.1) is 13.8 Å². The Kier molecular flexibility index (Phi) is 4.48. The number of hydrogen-bond acceptors (Lipinski definition) is 4. The van der Waals surface area contributed by atoms with E-state index < -0.39 is 0 Å². The van der Waals surface area contributed by atoms with Crippen LogP contribution in [0.4, 0.5) is 0 Å². The first-order chi connectivity index (χ1) is 11.1. The summed E-state index contributed by atoms with van der Waals surface area (Å²) in [5, 5.41) is 5.78.